The van der Waals surface area contributed by atoms with Gasteiger partial charge in [0.25, 0.3) is 0 Å². The van der Waals surface area contributed by atoms with Crippen LogP contribution in [0.5, 0.6) is 0 Å². The lowest BCUT2D eigenvalue weighted by Crippen LogP contribution is -2.12. The molecule has 2 aromatic rings. The van der Waals surface area contributed by atoms with Crippen LogP contribution in [0.1, 0.15) is 12.5 Å². The average molecular weight is 238 g/mol. The van der Waals surface area contributed by atoms with Gasteiger partial charge in [-0.15, -0.1) is 0 Å². The predicted octanol–water partition coefficient (Wildman–Crippen LogP) is 3.74. The molecule has 0 N–H and O–H groups in total. The molecular weight excluding hydrogens is 220 g/mol. The van der Waals surface area contributed by atoms with E-state index in [2.05, 4.69) is 48.4 Å². The third kappa shape index (κ3) is 3.45. The van der Waals surface area contributed by atoms with E-state index in [1.54, 1.807) is 0 Å². The Kier molecular flexibility index (Phi) is 4.13. The fourth-order valence-electron chi connectivity index (χ4n) is 1.88. The van der Waals surface area contributed by atoms with Crippen LogP contribution in [0, 0.1) is 0 Å². The van der Waals surface area contributed by atoms with Crippen molar-refractivity contribution >= 4 is 11.4 Å². The molecule has 0 aliphatic rings. The normalized spacial score (nSPS) is 11.3. The molecule has 0 fully saturated rings. The lowest BCUT2D eigenvalue weighted by atomic mass is 10.1. The molecule has 0 bridgehead atoms. The summed E-state index contributed by atoms with van der Waals surface area (Å²) in [5.41, 5.74) is 3.50. The van der Waals surface area contributed by atoms with Crippen molar-refractivity contribution in [2.24, 2.45) is 5.10 Å². The summed E-state index contributed by atoms with van der Waals surface area (Å²) in [4.78, 5) is 0. The van der Waals surface area contributed by atoms with Crippen LogP contribution in [0.4, 0.5) is 5.69 Å². The minimum absolute atomic E-state index is 0.887. The molecule has 0 heterocycles. The van der Waals surface area contributed by atoms with Crippen molar-refractivity contribution in [1.29, 1.82) is 0 Å². The molecule has 0 unspecified atom stereocenters. The van der Waals surface area contributed by atoms with Crippen molar-refractivity contribution in [3.63, 3.8) is 0 Å². The Labute approximate surface area is 109 Å². The summed E-state index contributed by atoms with van der Waals surface area (Å²) in [7, 11) is 1.98. The van der Waals surface area contributed by atoms with Gasteiger partial charge >= 0.3 is 0 Å². The molecule has 2 rings (SSSR count). The Morgan fingerprint density at radius 2 is 1.50 bits per heavy atom. The lowest BCUT2D eigenvalue weighted by Gasteiger charge is -2.14. The van der Waals surface area contributed by atoms with Crippen LogP contribution < -0.4 is 5.01 Å². The summed E-state index contributed by atoms with van der Waals surface area (Å²) in [6.45, 7) is 2.06. The molecule has 0 aliphatic heterocycles. The quantitative estimate of drug-likeness (QED) is 0.585. The summed E-state index contributed by atoms with van der Waals surface area (Å²) in [5, 5.41) is 6.51. The second-order valence-electron chi connectivity index (χ2n) is 4.36. The van der Waals surface area contributed by atoms with Crippen molar-refractivity contribution < 1.29 is 0 Å². The SMILES string of the molecule is C/C(Cc1ccccc1)=N\N(C)c1ccccc1. The lowest BCUT2D eigenvalue weighted by molar-refractivity contribution is 1.00. The molecule has 2 aromatic carbocycles. The van der Waals surface area contributed by atoms with Crippen LogP contribution in [0.3, 0.4) is 0 Å². The highest BCUT2D eigenvalue weighted by molar-refractivity contribution is 5.85. The van der Waals surface area contributed by atoms with Gasteiger partial charge in [-0.25, -0.2) is 0 Å². The van der Waals surface area contributed by atoms with Gasteiger partial charge in [0.15, 0.2) is 0 Å². The number of nitrogens with zero attached hydrogens (tertiary/aromatic N) is 2. The highest BCUT2D eigenvalue weighted by Crippen LogP contribution is 2.11. The summed E-state index contributed by atoms with van der Waals surface area (Å²) in [6.07, 6.45) is 0.887. The van der Waals surface area contributed by atoms with Gasteiger partial charge < -0.3 is 0 Å². The predicted molar refractivity (Wildman–Crippen MR) is 78.1 cm³/mol. The number of benzene rings is 2. The number of rotatable bonds is 4. The smallest absolute Gasteiger partial charge is 0.0590 e. The molecule has 2 nitrogen and oxygen atoms in total. The van der Waals surface area contributed by atoms with Gasteiger partial charge in [0.05, 0.1) is 5.69 Å². The number of hydrazone groups is 1. The fraction of sp³-hybridized carbons (Fsp3) is 0.188. The topological polar surface area (TPSA) is 15.6 Å². The van der Waals surface area contributed by atoms with Crippen LogP contribution in [0.2, 0.25) is 0 Å². The van der Waals surface area contributed by atoms with E-state index >= 15 is 0 Å². The monoisotopic (exact) mass is 238 g/mol. The summed E-state index contributed by atoms with van der Waals surface area (Å²) in [6, 6.07) is 20.6. The van der Waals surface area contributed by atoms with E-state index in [0.717, 1.165) is 17.8 Å². The first-order valence-corrected chi connectivity index (χ1v) is 6.12. The Morgan fingerprint density at radius 3 is 2.11 bits per heavy atom. The van der Waals surface area contributed by atoms with Crippen molar-refractivity contribution in [1.82, 2.24) is 0 Å². The van der Waals surface area contributed by atoms with Crippen LogP contribution in [-0.2, 0) is 6.42 Å². The van der Waals surface area contributed by atoms with Crippen LogP contribution >= 0.6 is 0 Å². The molecule has 92 valence electrons. The zero-order valence-electron chi connectivity index (χ0n) is 10.9. The van der Waals surface area contributed by atoms with Gasteiger partial charge in [-0.1, -0.05) is 48.5 Å². The molecule has 2 heteroatoms. The molecule has 0 saturated carbocycles. The van der Waals surface area contributed by atoms with E-state index in [1.165, 1.54) is 5.56 Å². The summed E-state index contributed by atoms with van der Waals surface area (Å²) >= 11 is 0. The van der Waals surface area contributed by atoms with Crippen molar-refractivity contribution in [3.05, 3.63) is 66.2 Å². The third-order valence-electron chi connectivity index (χ3n) is 2.75. The van der Waals surface area contributed by atoms with E-state index in [1.807, 2.05) is 36.3 Å². The maximum absolute atomic E-state index is 4.59. The number of hydrogen-bond acceptors (Lipinski definition) is 2. The number of para-hydroxylation sites is 1. The van der Waals surface area contributed by atoms with Crippen LogP contribution in [0.15, 0.2) is 65.8 Å². The molecular formula is C16H18N2. The van der Waals surface area contributed by atoms with Crippen LogP contribution in [-0.4, -0.2) is 12.8 Å². The number of hydrogen-bond donors (Lipinski definition) is 0. The second-order valence-corrected chi connectivity index (χ2v) is 4.36. The average Bonchev–Trinajstić information content (AvgIpc) is 2.40. The Bertz CT molecular complexity index is 503. The molecule has 0 atom stereocenters. The zero-order valence-corrected chi connectivity index (χ0v) is 10.9. The molecule has 0 saturated heterocycles. The van der Waals surface area contributed by atoms with Crippen LogP contribution in [0.25, 0.3) is 0 Å². The molecule has 0 spiro atoms. The highest BCUT2D eigenvalue weighted by atomic mass is 15.4. The fourth-order valence-corrected chi connectivity index (χ4v) is 1.88. The first kappa shape index (κ1) is 12.4. The molecule has 0 aliphatic carbocycles. The van der Waals surface area contributed by atoms with Crippen molar-refractivity contribution in [3.8, 4) is 0 Å². The number of anilines is 1. The minimum Gasteiger partial charge on any atom is -0.269 e. The van der Waals surface area contributed by atoms with Crippen molar-refractivity contribution in [2.75, 3.05) is 12.1 Å². The Hall–Kier alpha value is -2.09. The third-order valence-corrected chi connectivity index (χ3v) is 2.75. The van der Waals surface area contributed by atoms with E-state index in [-0.39, 0.29) is 0 Å². The van der Waals surface area contributed by atoms with Gasteiger partial charge in [-0.2, -0.15) is 5.10 Å². The maximum atomic E-state index is 4.59. The van der Waals surface area contributed by atoms with Crippen molar-refractivity contribution in [2.45, 2.75) is 13.3 Å². The largest absolute Gasteiger partial charge is 0.269 e. The van der Waals surface area contributed by atoms with E-state index in [9.17, 15) is 0 Å². The van der Waals surface area contributed by atoms with E-state index in [4.69, 9.17) is 0 Å². The molecule has 0 amide bonds. The first-order valence-electron chi connectivity index (χ1n) is 6.12. The van der Waals surface area contributed by atoms with Gasteiger partial charge in [0.1, 0.15) is 0 Å². The Morgan fingerprint density at radius 1 is 0.944 bits per heavy atom. The van der Waals surface area contributed by atoms with E-state index in [0.29, 0.717) is 0 Å². The van der Waals surface area contributed by atoms with Gasteiger partial charge in [0, 0.05) is 19.2 Å². The summed E-state index contributed by atoms with van der Waals surface area (Å²) < 4.78 is 0. The Balaban J connectivity index is 2.05. The van der Waals surface area contributed by atoms with E-state index < -0.39 is 0 Å². The standard InChI is InChI=1S/C16H18N2/c1-14(13-15-9-5-3-6-10-15)17-18(2)16-11-7-4-8-12-16/h3-12H,13H2,1-2H3/b17-14+. The zero-order chi connectivity index (χ0) is 12.8. The van der Waals surface area contributed by atoms with Gasteiger partial charge in [-0.05, 0) is 24.6 Å². The summed E-state index contributed by atoms with van der Waals surface area (Å²) in [5.74, 6) is 0. The van der Waals surface area contributed by atoms with Gasteiger partial charge in [-0.3, -0.25) is 5.01 Å². The molecule has 0 aromatic heterocycles. The minimum atomic E-state index is 0.887. The molecule has 0 radical (unpaired) electrons. The first-order chi connectivity index (χ1) is 8.75. The second kappa shape index (κ2) is 6.01. The maximum Gasteiger partial charge on any atom is 0.0590 e. The van der Waals surface area contributed by atoms with Gasteiger partial charge in [0.2, 0.25) is 0 Å². The highest BCUT2D eigenvalue weighted by Gasteiger charge is 1.99. The molecule has 18 heavy (non-hydrogen) atoms.